The van der Waals surface area contributed by atoms with Gasteiger partial charge in [0, 0.05) is 6.42 Å². The molecule has 3 unspecified atom stereocenters. The molecule has 3 atom stereocenters. The van der Waals surface area contributed by atoms with Crippen LogP contribution in [0.4, 0.5) is 0 Å². The van der Waals surface area contributed by atoms with Crippen LogP contribution in [0.25, 0.3) is 0 Å². The lowest BCUT2D eigenvalue weighted by molar-refractivity contribution is -0.142. The zero-order valence-electron chi connectivity index (χ0n) is 15.4. The number of amides is 2. The number of carbonyl (C=O) groups excluding carboxylic acids is 2. The normalized spacial score (nSPS) is 14.3. The Morgan fingerprint density at radius 2 is 1.58 bits per heavy atom. The van der Waals surface area contributed by atoms with Gasteiger partial charge in [-0.25, -0.2) is 4.79 Å². The van der Waals surface area contributed by atoms with E-state index in [1.54, 1.807) is 0 Å². The summed E-state index contributed by atoms with van der Waals surface area (Å²) in [4.78, 5) is 46.4. The summed E-state index contributed by atoms with van der Waals surface area (Å²) in [5.41, 5.74) is 5.66. The largest absolute Gasteiger partial charge is 0.481 e. The summed E-state index contributed by atoms with van der Waals surface area (Å²) in [6.45, 7) is 3.72. The number of hydrogen-bond acceptors (Lipinski definition) is 6. The van der Waals surface area contributed by atoms with E-state index >= 15 is 0 Å². The Kier molecular flexibility index (Phi) is 11.7. The average molecular weight is 391 g/mol. The topological polar surface area (TPSA) is 159 Å². The Morgan fingerprint density at radius 3 is 2.04 bits per heavy atom. The highest BCUT2D eigenvalue weighted by molar-refractivity contribution is 7.98. The van der Waals surface area contributed by atoms with Crippen LogP contribution in [0.15, 0.2) is 0 Å². The lowest BCUT2D eigenvalue weighted by atomic mass is 10.0. The van der Waals surface area contributed by atoms with Crippen molar-refractivity contribution in [1.29, 1.82) is 0 Å². The van der Waals surface area contributed by atoms with Gasteiger partial charge in [0.1, 0.15) is 12.1 Å². The Morgan fingerprint density at radius 1 is 1.00 bits per heavy atom. The van der Waals surface area contributed by atoms with Crippen LogP contribution in [-0.4, -0.2) is 64.1 Å². The fourth-order valence-electron chi connectivity index (χ4n) is 2.16. The molecule has 0 aromatic rings. The van der Waals surface area contributed by atoms with Crippen molar-refractivity contribution in [1.82, 2.24) is 10.6 Å². The maximum Gasteiger partial charge on any atom is 0.326 e. The van der Waals surface area contributed by atoms with E-state index < -0.39 is 41.9 Å². The zero-order chi connectivity index (χ0) is 20.3. The molecule has 0 aliphatic rings. The van der Waals surface area contributed by atoms with Gasteiger partial charge in [-0.15, -0.1) is 0 Å². The quantitative estimate of drug-likeness (QED) is 0.294. The van der Waals surface area contributed by atoms with E-state index in [-0.39, 0.29) is 25.2 Å². The summed E-state index contributed by atoms with van der Waals surface area (Å²) >= 11 is 1.47. The second-order valence-electron chi connectivity index (χ2n) is 6.41. The SMILES string of the molecule is CSCCC(NC(=O)C(CC(C)C)NC(=O)C(N)CCC(=O)O)C(=O)O. The summed E-state index contributed by atoms with van der Waals surface area (Å²) < 4.78 is 0. The highest BCUT2D eigenvalue weighted by Gasteiger charge is 2.28. The average Bonchev–Trinajstić information content (AvgIpc) is 2.54. The van der Waals surface area contributed by atoms with Gasteiger partial charge in [-0.3, -0.25) is 14.4 Å². The van der Waals surface area contributed by atoms with E-state index in [0.29, 0.717) is 12.2 Å². The molecular weight excluding hydrogens is 362 g/mol. The number of hydrogen-bond donors (Lipinski definition) is 5. The van der Waals surface area contributed by atoms with E-state index in [1.807, 2.05) is 20.1 Å². The molecule has 0 heterocycles. The minimum atomic E-state index is -1.14. The minimum absolute atomic E-state index is 0.0529. The van der Waals surface area contributed by atoms with Gasteiger partial charge in [0.25, 0.3) is 0 Å². The standard InChI is InChI=1S/C16H29N3O6S/c1-9(2)8-12(19-14(22)10(17)4-5-13(20)21)15(23)18-11(16(24)25)6-7-26-3/h9-12H,4-8,17H2,1-3H3,(H,18,23)(H,19,22)(H,20,21)(H,24,25). The number of thioether (sulfide) groups is 1. The molecule has 0 fully saturated rings. The summed E-state index contributed by atoms with van der Waals surface area (Å²) in [5.74, 6) is -2.80. The molecular formula is C16H29N3O6S. The molecule has 10 heteroatoms. The van der Waals surface area contributed by atoms with Gasteiger partial charge < -0.3 is 26.6 Å². The monoisotopic (exact) mass is 391 g/mol. The highest BCUT2D eigenvalue weighted by Crippen LogP contribution is 2.08. The fraction of sp³-hybridized carbons (Fsp3) is 0.750. The predicted octanol–water partition coefficient (Wildman–Crippen LogP) is 0.0319. The smallest absolute Gasteiger partial charge is 0.326 e. The molecule has 0 saturated carbocycles. The van der Waals surface area contributed by atoms with Crippen molar-refractivity contribution in [2.45, 2.75) is 57.7 Å². The summed E-state index contributed by atoms with van der Waals surface area (Å²) in [6, 6.07) is -3.03. The number of carboxylic acid groups (broad SMARTS) is 2. The molecule has 6 N–H and O–H groups in total. The lowest BCUT2D eigenvalue weighted by Crippen LogP contribution is -2.54. The first-order valence-electron chi connectivity index (χ1n) is 8.38. The van der Waals surface area contributed by atoms with Crippen molar-refractivity contribution < 1.29 is 29.4 Å². The molecule has 150 valence electrons. The van der Waals surface area contributed by atoms with Crippen molar-refractivity contribution in [2.24, 2.45) is 11.7 Å². The molecule has 0 rings (SSSR count). The Hall–Kier alpha value is -1.81. The highest BCUT2D eigenvalue weighted by atomic mass is 32.2. The first-order chi connectivity index (χ1) is 12.1. The van der Waals surface area contributed by atoms with E-state index in [4.69, 9.17) is 10.8 Å². The summed E-state index contributed by atoms with van der Waals surface area (Å²) in [7, 11) is 0. The fourth-order valence-corrected chi connectivity index (χ4v) is 2.63. The van der Waals surface area contributed by atoms with Crippen LogP contribution >= 0.6 is 11.8 Å². The maximum absolute atomic E-state index is 12.5. The molecule has 2 amide bonds. The lowest BCUT2D eigenvalue weighted by Gasteiger charge is -2.24. The van der Waals surface area contributed by atoms with Crippen molar-refractivity contribution in [3.05, 3.63) is 0 Å². The molecule has 0 saturated heterocycles. The number of nitrogens with two attached hydrogens (primary N) is 1. The van der Waals surface area contributed by atoms with Crippen molar-refractivity contribution in [3.63, 3.8) is 0 Å². The molecule has 0 bridgehead atoms. The third-order valence-corrected chi connectivity index (χ3v) is 4.22. The Balaban J connectivity index is 4.94. The Bertz CT molecular complexity index is 500. The van der Waals surface area contributed by atoms with Crippen molar-refractivity contribution in [3.8, 4) is 0 Å². The number of carboxylic acids is 2. The van der Waals surface area contributed by atoms with E-state index in [0.717, 1.165) is 0 Å². The number of nitrogens with one attached hydrogen (secondary N) is 2. The molecule has 0 aliphatic carbocycles. The van der Waals surface area contributed by atoms with Gasteiger partial charge in [-0.05, 0) is 37.2 Å². The van der Waals surface area contributed by atoms with Crippen LogP contribution < -0.4 is 16.4 Å². The first kappa shape index (κ1) is 24.2. The minimum Gasteiger partial charge on any atom is -0.481 e. The zero-order valence-corrected chi connectivity index (χ0v) is 16.2. The first-order valence-corrected chi connectivity index (χ1v) is 9.77. The van der Waals surface area contributed by atoms with Gasteiger partial charge in [-0.2, -0.15) is 11.8 Å². The van der Waals surface area contributed by atoms with Gasteiger partial charge in [0.2, 0.25) is 11.8 Å². The maximum atomic E-state index is 12.5. The number of carbonyl (C=O) groups is 4. The molecule has 0 spiro atoms. The molecule has 0 aromatic heterocycles. The van der Waals surface area contributed by atoms with Crippen LogP contribution in [0.1, 0.15) is 39.5 Å². The molecule has 0 radical (unpaired) electrons. The van der Waals surface area contributed by atoms with Crippen LogP contribution in [0.3, 0.4) is 0 Å². The molecule has 26 heavy (non-hydrogen) atoms. The third kappa shape index (κ3) is 10.2. The summed E-state index contributed by atoms with van der Waals surface area (Å²) in [6.07, 6.45) is 2.09. The van der Waals surface area contributed by atoms with E-state index in [2.05, 4.69) is 10.6 Å². The molecule has 0 aromatic carbocycles. The van der Waals surface area contributed by atoms with Gasteiger partial charge in [0.15, 0.2) is 0 Å². The van der Waals surface area contributed by atoms with E-state index in [1.165, 1.54) is 11.8 Å². The number of rotatable bonds is 13. The Labute approximate surface area is 157 Å². The van der Waals surface area contributed by atoms with Gasteiger partial charge in [0.05, 0.1) is 6.04 Å². The van der Waals surface area contributed by atoms with Gasteiger partial charge in [-0.1, -0.05) is 13.8 Å². The van der Waals surface area contributed by atoms with Gasteiger partial charge >= 0.3 is 11.9 Å². The predicted molar refractivity (Wildman–Crippen MR) is 98.8 cm³/mol. The number of aliphatic carboxylic acids is 2. The van der Waals surface area contributed by atoms with Crippen LogP contribution in [0.2, 0.25) is 0 Å². The van der Waals surface area contributed by atoms with Crippen molar-refractivity contribution in [2.75, 3.05) is 12.0 Å². The van der Waals surface area contributed by atoms with E-state index in [9.17, 15) is 24.3 Å². The molecule has 9 nitrogen and oxygen atoms in total. The van der Waals surface area contributed by atoms with Crippen LogP contribution in [-0.2, 0) is 19.2 Å². The second kappa shape index (κ2) is 12.5. The van der Waals surface area contributed by atoms with Crippen LogP contribution in [0.5, 0.6) is 0 Å². The summed E-state index contributed by atoms with van der Waals surface area (Å²) in [5, 5.41) is 22.8. The third-order valence-electron chi connectivity index (χ3n) is 3.57. The van der Waals surface area contributed by atoms with Crippen molar-refractivity contribution >= 4 is 35.5 Å². The van der Waals surface area contributed by atoms with Crippen LogP contribution in [0, 0.1) is 5.92 Å². The molecule has 0 aliphatic heterocycles. The second-order valence-corrected chi connectivity index (χ2v) is 7.40.